The van der Waals surface area contributed by atoms with E-state index in [1.54, 1.807) is 7.11 Å². The summed E-state index contributed by atoms with van der Waals surface area (Å²) >= 11 is 0. The van der Waals surface area contributed by atoms with Gasteiger partial charge < -0.3 is 4.74 Å². The Kier molecular flexibility index (Phi) is 2.39. The van der Waals surface area contributed by atoms with E-state index in [0.29, 0.717) is 0 Å². The average molecular weight is 262 g/mol. The van der Waals surface area contributed by atoms with Crippen LogP contribution in [0.4, 0.5) is 0 Å². The summed E-state index contributed by atoms with van der Waals surface area (Å²) in [7, 11) is 1.68. The molecular weight excluding hydrogens is 248 g/mol. The van der Waals surface area contributed by atoms with Crippen LogP contribution in [0.3, 0.4) is 0 Å². The molecule has 98 valence electrons. The van der Waals surface area contributed by atoms with Crippen LogP contribution in [0.15, 0.2) is 48.5 Å². The number of hydrogen-bond donors (Lipinski definition) is 1. The number of H-pyrrole nitrogens is 1. The molecule has 1 aliphatic carbocycles. The molecule has 0 unspecified atom stereocenters. The number of nitrogens with zero attached hydrogens (tertiary/aromatic N) is 1. The molecule has 1 aliphatic rings. The van der Waals surface area contributed by atoms with Crippen molar-refractivity contribution in [2.24, 2.45) is 0 Å². The van der Waals surface area contributed by atoms with E-state index >= 15 is 0 Å². The van der Waals surface area contributed by atoms with Crippen molar-refractivity contribution < 1.29 is 4.74 Å². The van der Waals surface area contributed by atoms with Gasteiger partial charge in [-0.2, -0.15) is 5.10 Å². The second-order valence-electron chi connectivity index (χ2n) is 4.99. The first-order valence-electron chi connectivity index (χ1n) is 6.67. The molecule has 1 aromatic heterocycles. The maximum atomic E-state index is 5.30. The standard InChI is InChI=1S/C17H14N2O/c1-20-13-7-4-6-12(9-13)16-15-10-11-5-2-3-8-14(11)17(15)19-18-16/h2-9H,10H2,1H3,(H,18,19). The molecule has 3 nitrogen and oxygen atoms in total. The third-order valence-electron chi connectivity index (χ3n) is 3.86. The Morgan fingerprint density at radius 1 is 1.10 bits per heavy atom. The Balaban J connectivity index is 1.85. The fourth-order valence-electron chi connectivity index (χ4n) is 2.88. The lowest BCUT2D eigenvalue weighted by Gasteiger charge is -2.03. The van der Waals surface area contributed by atoms with Gasteiger partial charge in [-0.05, 0) is 17.7 Å². The number of ether oxygens (including phenoxy) is 1. The number of methoxy groups -OCH3 is 1. The van der Waals surface area contributed by atoms with Gasteiger partial charge >= 0.3 is 0 Å². The molecule has 0 amide bonds. The van der Waals surface area contributed by atoms with Crippen LogP contribution in [0.1, 0.15) is 11.1 Å². The lowest BCUT2D eigenvalue weighted by Crippen LogP contribution is -1.88. The molecule has 0 spiro atoms. The number of aromatic amines is 1. The summed E-state index contributed by atoms with van der Waals surface area (Å²) in [5.41, 5.74) is 7.17. The van der Waals surface area contributed by atoms with Gasteiger partial charge in [0.2, 0.25) is 0 Å². The molecule has 4 rings (SSSR count). The van der Waals surface area contributed by atoms with Gasteiger partial charge in [0.25, 0.3) is 0 Å². The van der Waals surface area contributed by atoms with Crippen LogP contribution in [0.25, 0.3) is 22.5 Å². The van der Waals surface area contributed by atoms with E-state index in [2.05, 4.69) is 40.5 Å². The van der Waals surface area contributed by atoms with Crippen molar-refractivity contribution in [2.45, 2.75) is 6.42 Å². The van der Waals surface area contributed by atoms with Crippen LogP contribution in [0.5, 0.6) is 5.75 Å². The minimum Gasteiger partial charge on any atom is -0.497 e. The van der Waals surface area contributed by atoms with E-state index < -0.39 is 0 Å². The molecule has 1 heterocycles. The summed E-state index contributed by atoms with van der Waals surface area (Å²) < 4.78 is 5.30. The first-order valence-corrected chi connectivity index (χ1v) is 6.67. The Bertz CT molecular complexity index is 789. The van der Waals surface area contributed by atoms with Crippen LogP contribution in [-0.4, -0.2) is 17.3 Å². The van der Waals surface area contributed by atoms with Gasteiger partial charge in [0.1, 0.15) is 5.75 Å². The summed E-state index contributed by atoms with van der Waals surface area (Å²) in [6.07, 6.45) is 0.939. The fourth-order valence-corrected chi connectivity index (χ4v) is 2.88. The van der Waals surface area contributed by atoms with E-state index in [4.69, 9.17) is 4.74 Å². The Hall–Kier alpha value is -2.55. The van der Waals surface area contributed by atoms with Crippen molar-refractivity contribution >= 4 is 0 Å². The first-order chi connectivity index (χ1) is 9.86. The number of benzene rings is 2. The Morgan fingerprint density at radius 3 is 2.90 bits per heavy atom. The van der Waals surface area contributed by atoms with Crippen LogP contribution in [-0.2, 0) is 6.42 Å². The van der Waals surface area contributed by atoms with Gasteiger partial charge in [-0.3, -0.25) is 5.10 Å². The summed E-state index contributed by atoms with van der Waals surface area (Å²) in [6, 6.07) is 16.5. The van der Waals surface area contributed by atoms with Crippen molar-refractivity contribution in [1.29, 1.82) is 0 Å². The van der Waals surface area contributed by atoms with Crippen molar-refractivity contribution in [3.8, 4) is 28.3 Å². The van der Waals surface area contributed by atoms with E-state index in [1.807, 2.05) is 18.2 Å². The normalized spacial score (nSPS) is 12.1. The smallest absolute Gasteiger partial charge is 0.119 e. The highest BCUT2D eigenvalue weighted by atomic mass is 16.5. The molecule has 0 saturated carbocycles. The van der Waals surface area contributed by atoms with Crippen LogP contribution < -0.4 is 4.74 Å². The average Bonchev–Trinajstić information content (AvgIpc) is 3.06. The highest BCUT2D eigenvalue weighted by Crippen LogP contribution is 2.40. The minimum absolute atomic E-state index is 0.856. The maximum Gasteiger partial charge on any atom is 0.119 e. The summed E-state index contributed by atoms with van der Waals surface area (Å²) in [4.78, 5) is 0. The number of nitrogens with one attached hydrogen (secondary N) is 1. The van der Waals surface area contributed by atoms with Gasteiger partial charge in [0.05, 0.1) is 18.5 Å². The maximum absolute atomic E-state index is 5.30. The first kappa shape index (κ1) is 11.3. The molecule has 0 fully saturated rings. The van der Waals surface area contributed by atoms with E-state index in [9.17, 15) is 0 Å². The highest BCUT2D eigenvalue weighted by molar-refractivity contribution is 5.81. The van der Waals surface area contributed by atoms with Crippen molar-refractivity contribution in [3.63, 3.8) is 0 Å². The van der Waals surface area contributed by atoms with Crippen molar-refractivity contribution in [2.75, 3.05) is 7.11 Å². The van der Waals surface area contributed by atoms with Crippen LogP contribution in [0.2, 0.25) is 0 Å². The molecule has 1 N–H and O–H groups in total. The Morgan fingerprint density at radius 2 is 2.00 bits per heavy atom. The Labute approximate surface area is 117 Å². The van der Waals surface area contributed by atoms with E-state index in [1.165, 1.54) is 16.7 Å². The van der Waals surface area contributed by atoms with Crippen molar-refractivity contribution in [3.05, 3.63) is 59.7 Å². The second-order valence-corrected chi connectivity index (χ2v) is 4.99. The number of rotatable bonds is 2. The van der Waals surface area contributed by atoms with Crippen LogP contribution >= 0.6 is 0 Å². The molecule has 0 atom stereocenters. The number of hydrogen-bond acceptors (Lipinski definition) is 2. The quantitative estimate of drug-likeness (QED) is 0.598. The van der Waals surface area contributed by atoms with Gasteiger partial charge in [0.15, 0.2) is 0 Å². The minimum atomic E-state index is 0.856. The van der Waals surface area contributed by atoms with Gasteiger partial charge in [-0.1, -0.05) is 36.4 Å². The van der Waals surface area contributed by atoms with E-state index in [0.717, 1.165) is 29.1 Å². The van der Waals surface area contributed by atoms with Gasteiger partial charge in [-0.25, -0.2) is 0 Å². The molecule has 20 heavy (non-hydrogen) atoms. The molecule has 3 heteroatoms. The third-order valence-corrected chi connectivity index (χ3v) is 3.86. The predicted molar refractivity (Wildman–Crippen MR) is 78.8 cm³/mol. The topological polar surface area (TPSA) is 37.9 Å². The molecule has 3 aromatic rings. The highest BCUT2D eigenvalue weighted by Gasteiger charge is 2.24. The van der Waals surface area contributed by atoms with Gasteiger partial charge in [0, 0.05) is 23.1 Å². The number of aromatic nitrogens is 2. The summed E-state index contributed by atoms with van der Waals surface area (Å²) in [5, 5.41) is 7.69. The zero-order valence-corrected chi connectivity index (χ0v) is 11.2. The molecular formula is C17H14N2O. The summed E-state index contributed by atoms with van der Waals surface area (Å²) in [5.74, 6) is 0.856. The predicted octanol–water partition coefficient (Wildman–Crippen LogP) is 3.66. The summed E-state index contributed by atoms with van der Waals surface area (Å²) in [6.45, 7) is 0. The molecule has 0 aliphatic heterocycles. The van der Waals surface area contributed by atoms with E-state index in [-0.39, 0.29) is 0 Å². The molecule has 0 bridgehead atoms. The third kappa shape index (κ3) is 1.56. The molecule has 0 saturated heterocycles. The number of fused-ring (bicyclic) bond motifs is 3. The second kappa shape index (κ2) is 4.23. The SMILES string of the molecule is COc1cccc(-c2n[nH]c3c2Cc2ccccc2-3)c1. The zero-order valence-electron chi connectivity index (χ0n) is 11.2. The fraction of sp³-hybridized carbons (Fsp3) is 0.118. The monoisotopic (exact) mass is 262 g/mol. The lowest BCUT2D eigenvalue weighted by molar-refractivity contribution is 0.415. The molecule has 0 radical (unpaired) electrons. The van der Waals surface area contributed by atoms with Crippen molar-refractivity contribution in [1.82, 2.24) is 10.2 Å². The molecule has 2 aromatic carbocycles. The lowest BCUT2D eigenvalue weighted by atomic mass is 10.1. The van der Waals surface area contributed by atoms with Gasteiger partial charge in [-0.15, -0.1) is 0 Å². The van der Waals surface area contributed by atoms with Crippen LogP contribution in [0, 0.1) is 0 Å². The zero-order chi connectivity index (χ0) is 13.5. The largest absolute Gasteiger partial charge is 0.497 e.